The van der Waals surface area contributed by atoms with Crippen LogP contribution < -0.4 is 10.5 Å². The first-order valence-corrected chi connectivity index (χ1v) is 8.14. The molecule has 2 nitrogen and oxygen atoms in total. The maximum atomic E-state index is 6.26. The SMILES string of the molecule is CC(C)c1cc(Br)ccc1Oc1cccc(Cl)c1CCN. The first-order chi connectivity index (χ1) is 10.0. The van der Waals surface area contributed by atoms with Gasteiger partial charge < -0.3 is 10.5 Å². The normalized spacial score (nSPS) is 11.0. The number of benzene rings is 2. The van der Waals surface area contributed by atoms with E-state index in [-0.39, 0.29) is 0 Å². The largest absolute Gasteiger partial charge is 0.457 e. The smallest absolute Gasteiger partial charge is 0.132 e. The van der Waals surface area contributed by atoms with Crippen LogP contribution in [0.1, 0.15) is 30.9 Å². The molecule has 112 valence electrons. The molecular weight excluding hydrogens is 350 g/mol. The monoisotopic (exact) mass is 367 g/mol. The van der Waals surface area contributed by atoms with Gasteiger partial charge in [-0.1, -0.05) is 47.4 Å². The van der Waals surface area contributed by atoms with Gasteiger partial charge in [0, 0.05) is 15.1 Å². The Morgan fingerprint density at radius 3 is 2.62 bits per heavy atom. The zero-order valence-electron chi connectivity index (χ0n) is 12.2. The second-order valence-electron chi connectivity index (χ2n) is 5.19. The number of hydrogen-bond donors (Lipinski definition) is 1. The van der Waals surface area contributed by atoms with Crippen molar-refractivity contribution in [3.63, 3.8) is 0 Å². The lowest BCUT2D eigenvalue weighted by Gasteiger charge is -2.17. The number of nitrogens with two attached hydrogens (primary N) is 1. The van der Waals surface area contributed by atoms with E-state index in [1.54, 1.807) is 0 Å². The van der Waals surface area contributed by atoms with Crippen LogP contribution in [0.2, 0.25) is 5.02 Å². The summed E-state index contributed by atoms with van der Waals surface area (Å²) in [4.78, 5) is 0. The van der Waals surface area contributed by atoms with Gasteiger partial charge in [-0.3, -0.25) is 0 Å². The fourth-order valence-corrected chi connectivity index (χ4v) is 2.84. The van der Waals surface area contributed by atoms with Crippen LogP contribution in [0.15, 0.2) is 40.9 Å². The highest BCUT2D eigenvalue weighted by Gasteiger charge is 2.13. The average Bonchev–Trinajstić information content (AvgIpc) is 2.44. The first-order valence-electron chi connectivity index (χ1n) is 6.97. The van der Waals surface area contributed by atoms with Gasteiger partial charge in [0.1, 0.15) is 11.5 Å². The molecular formula is C17H19BrClNO. The Kier molecular flexibility index (Phi) is 5.68. The lowest BCUT2D eigenvalue weighted by atomic mass is 10.0. The van der Waals surface area contributed by atoms with Crippen molar-refractivity contribution in [1.82, 2.24) is 0 Å². The molecule has 0 unspecified atom stereocenters. The molecule has 0 aromatic heterocycles. The van der Waals surface area contributed by atoms with Crippen LogP contribution in [0.5, 0.6) is 11.5 Å². The van der Waals surface area contributed by atoms with Crippen molar-refractivity contribution in [2.24, 2.45) is 5.73 Å². The topological polar surface area (TPSA) is 35.2 Å². The summed E-state index contributed by atoms with van der Waals surface area (Å²) in [6.45, 7) is 4.83. The molecule has 0 bridgehead atoms. The molecule has 4 heteroatoms. The van der Waals surface area contributed by atoms with E-state index in [2.05, 4.69) is 35.8 Å². The molecule has 0 aliphatic heterocycles. The molecule has 0 heterocycles. The number of rotatable bonds is 5. The zero-order valence-corrected chi connectivity index (χ0v) is 14.5. The zero-order chi connectivity index (χ0) is 15.4. The molecule has 0 saturated carbocycles. The van der Waals surface area contributed by atoms with Crippen LogP contribution in [0.3, 0.4) is 0 Å². The Labute approximate surface area is 139 Å². The second kappa shape index (κ2) is 7.30. The van der Waals surface area contributed by atoms with Crippen LogP contribution in [0, 0.1) is 0 Å². The van der Waals surface area contributed by atoms with Gasteiger partial charge in [-0.2, -0.15) is 0 Å². The van der Waals surface area contributed by atoms with E-state index in [9.17, 15) is 0 Å². The van der Waals surface area contributed by atoms with Crippen molar-refractivity contribution in [2.45, 2.75) is 26.2 Å². The van der Waals surface area contributed by atoms with Crippen molar-refractivity contribution in [1.29, 1.82) is 0 Å². The third kappa shape index (κ3) is 4.00. The Hall–Kier alpha value is -1.03. The van der Waals surface area contributed by atoms with Gasteiger partial charge in [0.15, 0.2) is 0 Å². The minimum absolute atomic E-state index is 0.370. The molecule has 2 aromatic rings. The fourth-order valence-electron chi connectivity index (χ4n) is 2.20. The molecule has 0 fully saturated rings. The van der Waals surface area contributed by atoms with Crippen molar-refractivity contribution >= 4 is 27.5 Å². The Balaban J connectivity index is 2.41. The van der Waals surface area contributed by atoms with Crippen molar-refractivity contribution in [3.8, 4) is 11.5 Å². The summed E-state index contributed by atoms with van der Waals surface area (Å²) in [5.41, 5.74) is 7.78. The summed E-state index contributed by atoms with van der Waals surface area (Å²) >= 11 is 9.77. The Bertz CT molecular complexity index is 628. The van der Waals surface area contributed by atoms with Crippen molar-refractivity contribution in [3.05, 3.63) is 57.0 Å². The van der Waals surface area contributed by atoms with Crippen LogP contribution in [0.4, 0.5) is 0 Å². The fraction of sp³-hybridized carbons (Fsp3) is 0.294. The highest BCUT2D eigenvalue weighted by molar-refractivity contribution is 9.10. The number of ether oxygens (including phenoxy) is 1. The molecule has 2 N–H and O–H groups in total. The first kappa shape index (κ1) is 16.3. The van der Waals surface area contributed by atoms with Crippen LogP contribution in [0.25, 0.3) is 0 Å². The van der Waals surface area contributed by atoms with Gasteiger partial charge in [-0.25, -0.2) is 0 Å². The summed E-state index contributed by atoms with van der Waals surface area (Å²) in [7, 11) is 0. The van der Waals surface area contributed by atoms with E-state index >= 15 is 0 Å². The van der Waals surface area contributed by atoms with Gasteiger partial charge in [-0.05, 0) is 54.8 Å². The maximum Gasteiger partial charge on any atom is 0.132 e. The van der Waals surface area contributed by atoms with E-state index in [0.717, 1.165) is 27.1 Å². The lowest BCUT2D eigenvalue weighted by Crippen LogP contribution is -2.05. The van der Waals surface area contributed by atoms with Gasteiger partial charge in [0.05, 0.1) is 0 Å². The highest BCUT2D eigenvalue weighted by Crippen LogP contribution is 2.36. The molecule has 0 atom stereocenters. The predicted octanol–water partition coefficient (Wildman–Crippen LogP) is 5.52. The van der Waals surface area contributed by atoms with E-state index in [0.29, 0.717) is 23.9 Å². The van der Waals surface area contributed by atoms with Crippen LogP contribution >= 0.6 is 27.5 Å². The number of hydrogen-bond acceptors (Lipinski definition) is 2. The second-order valence-corrected chi connectivity index (χ2v) is 6.52. The summed E-state index contributed by atoms with van der Waals surface area (Å²) < 4.78 is 7.18. The molecule has 0 aliphatic carbocycles. The summed E-state index contributed by atoms with van der Waals surface area (Å²) in [5, 5.41) is 0.696. The molecule has 0 spiro atoms. The molecule has 0 radical (unpaired) electrons. The summed E-state index contributed by atoms with van der Waals surface area (Å²) in [6, 6.07) is 11.7. The molecule has 0 saturated heterocycles. The highest BCUT2D eigenvalue weighted by atomic mass is 79.9. The van der Waals surface area contributed by atoms with E-state index in [4.69, 9.17) is 22.1 Å². The lowest BCUT2D eigenvalue weighted by molar-refractivity contribution is 0.467. The minimum Gasteiger partial charge on any atom is -0.457 e. The van der Waals surface area contributed by atoms with E-state index in [1.807, 2.05) is 30.3 Å². The van der Waals surface area contributed by atoms with Gasteiger partial charge in [0.2, 0.25) is 0 Å². The molecule has 0 aliphatic rings. The van der Waals surface area contributed by atoms with Crippen molar-refractivity contribution < 1.29 is 4.74 Å². The van der Waals surface area contributed by atoms with Gasteiger partial charge >= 0.3 is 0 Å². The third-order valence-electron chi connectivity index (χ3n) is 3.28. The van der Waals surface area contributed by atoms with E-state index < -0.39 is 0 Å². The van der Waals surface area contributed by atoms with Crippen LogP contribution in [-0.2, 0) is 6.42 Å². The number of halogens is 2. The molecule has 2 aromatic carbocycles. The van der Waals surface area contributed by atoms with Gasteiger partial charge in [-0.15, -0.1) is 0 Å². The molecule has 21 heavy (non-hydrogen) atoms. The average molecular weight is 369 g/mol. The quantitative estimate of drug-likeness (QED) is 0.754. The molecule has 2 rings (SSSR count). The standard InChI is InChI=1S/C17H19BrClNO/c1-11(2)14-10-12(18)6-7-17(14)21-16-5-3-4-15(19)13(16)8-9-20/h3-7,10-11H,8-9,20H2,1-2H3. The third-order valence-corrected chi connectivity index (χ3v) is 4.13. The van der Waals surface area contributed by atoms with E-state index in [1.165, 1.54) is 0 Å². The van der Waals surface area contributed by atoms with Crippen LogP contribution in [-0.4, -0.2) is 6.54 Å². The minimum atomic E-state index is 0.370. The van der Waals surface area contributed by atoms with Crippen molar-refractivity contribution in [2.75, 3.05) is 6.54 Å². The predicted molar refractivity (Wildman–Crippen MR) is 92.5 cm³/mol. The molecule has 0 amide bonds. The Morgan fingerprint density at radius 1 is 1.19 bits per heavy atom. The maximum absolute atomic E-state index is 6.26. The summed E-state index contributed by atoms with van der Waals surface area (Å²) in [6.07, 6.45) is 0.697. The summed E-state index contributed by atoms with van der Waals surface area (Å²) in [5.74, 6) is 2.00. The van der Waals surface area contributed by atoms with Gasteiger partial charge in [0.25, 0.3) is 0 Å². The Morgan fingerprint density at radius 2 is 1.95 bits per heavy atom.